The SMILES string of the molecule is CCCCCCCCCCCCS(=O)(=O)O.N=C(N)N. The van der Waals surface area contributed by atoms with E-state index >= 15 is 0 Å². The Bertz CT molecular complexity index is 315. The third-order valence-corrected chi connectivity index (χ3v) is 3.56. The zero-order valence-electron chi connectivity index (χ0n) is 12.6. The third kappa shape index (κ3) is 30.3. The smallest absolute Gasteiger partial charge is 0.264 e. The van der Waals surface area contributed by atoms with E-state index in [2.05, 4.69) is 18.4 Å². The lowest BCUT2D eigenvalue weighted by Gasteiger charge is -2.01. The Morgan fingerprint density at radius 1 is 0.900 bits per heavy atom. The molecule has 0 spiro atoms. The fourth-order valence-electron chi connectivity index (χ4n) is 1.77. The van der Waals surface area contributed by atoms with E-state index in [1.165, 1.54) is 44.9 Å². The number of rotatable bonds is 11. The van der Waals surface area contributed by atoms with Crippen LogP contribution in [-0.2, 0) is 10.1 Å². The molecule has 7 heteroatoms. The molecule has 20 heavy (non-hydrogen) atoms. The summed E-state index contributed by atoms with van der Waals surface area (Å²) in [5.74, 6) is -0.413. The maximum Gasteiger partial charge on any atom is 0.264 e. The van der Waals surface area contributed by atoms with E-state index in [1.54, 1.807) is 0 Å². The first-order chi connectivity index (χ1) is 9.29. The first-order valence-electron chi connectivity index (χ1n) is 7.34. The Balaban J connectivity index is 0. The largest absolute Gasteiger partial charge is 0.370 e. The minimum absolute atomic E-state index is 0.0799. The monoisotopic (exact) mass is 309 g/mol. The van der Waals surface area contributed by atoms with Gasteiger partial charge in [-0.05, 0) is 6.42 Å². The molecule has 0 unspecified atom stereocenters. The highest BCUT2D eigenvalue weighted by atomic mass is 32.2. The first kappa shape index (κ1) is 21.5. The van der Waals surface area contributed by atoms with Crippen LogP contribution < -0.4 is 11.5 Å². The van der Waals surface area contributed by atoms with Crippen LogP contribution in [0.2, 0.25) is 0 Å². The molecule has 0 aliphatic carbocycles. The molecule has 6 N–H and O–H groups in total. The normalized spacial score (nSPS) is 10.7. The van der Waals surface area contributed by atoms with Crippen molar-refractivity contribution in [2.45, 2.75) is 71.1 Å². The lowest BCUT2D eigenvalue weighted by atomic mass is 10.1. The summed E-state index contributed by atoms with van der Waals surface area (Å²) in [6.07, 6.45) is 11.7. The Labute approximate surface area is 123 Å². The van der Waals surface area contributed by atoms with Gasteiger partial charge in [-0.2, -0.15) is 8.42 Å². The predicted molar refractivity (Wildman–Crippen MR) is 84.4 cm³/mol. The molecule has 6 nitrogen and oxygen atoms in total. The fraction of sp³-hybridized carbons (Fsp3) is 0.923. The van der Waals surface area contributed by atoms with E-state index < -0.39 is 10.1 Å². The van der Waals surface area contributed by atoms with Crippen LogP contribution in [0.3, 0.4) is 0 Å². The maximum atomic E-state index is 10.4. The molecule has 0 radical (unpaired) electrons. The van der Waals surface area contributed by atoms with Gasteiger partial charge < -0.3 is 11.5 Å². The van der Waals surface area contributed by atoms with Crippen molar-refractivity contribution in [3.8, 4) is 0 Å². The summed E-state index contributed by atoms with van der Waals surface area (Å²) < 4.78 is 29.4. The van der Waals surface area contributed by atoms with Crippen LogP contribution in [-0.4, -0.2) is 24.7 Å². The summed E-state index contributed by atoms with van der Waals surface area (Å²) in [6, 6.07) is 0. The third-order valence-electron chi connectivity index (χ3n) is 2.76. The van der Waals surface area contributed by atoms with E-state index in [9.17, 15) is 8.42 Å². The van der Waals surface area contributed by atoms with Crippen molar-refractivity contribution in [3.63, 3.8) is 0 Å². The molecule has 0 bridgehead atoms. The van der Waals surface area contributed by atoms with Crippen molar-refractivity contribution >= 4 is 16.1 Å². The Morgan fingerprint density at radius 3 is 1.50 bits per heavy atom. The second kappa shape index (κ2) is 14.6. The molecule has 0 aromatic rings. The second-order valence-corrected chi connectivity index (χ2v) is 6.50. The number of hydrogen-bond acceptors (Lipinski definition) is 3. The highest BCUT2D eigenvalue weighted by molar-refractivity contribution is 7.85. The molecule has 122 valence electrons. The summed E-state index contributed by atoms with van der Waals surface area (Å²) in [5, 5.41) is 6.06. The number of hydrogen-bond donors (Lipinski definition) is 4. The summed E-state index contributed by atoms with van der Waals surface area (Å²) in [6.45, 7) is 2.22. The highest BCUT2D eigenvalue weighted by Crippen LogP contribution is 2.10. The fourth-order valence-corrected chi connectivity index (χ4v) is 2.34. The van der Waals surface area contributed by atoms with Gasteiger partial charge in [0.25, 0.3) is 10.1 Å². The van der Waals surface area contributed by atoms with Gasteiger partial charge in [-0.1, -0.05) is 64.7 Å². The molecule has 0 atom stereocenters. The van der Waals surface area contributed by atoms with Crippen molar-refractivity contribution in [1.82, 2.24) is 0 Å². The molecule has 0 aromatic carbocycles. The molecular weight excluding hydrogens is 278 g/mol. The van der Waals surface area contributed by atoms with Gasteiger partial charge in [-0.3, -0.25) is 9.96 Å². The van der Waals surface area contributed by atoms with Crippen LogP contribution in [0.5, 0.6) is 0 Å². The van der Waals surface area contributed by atoms with Gasteiger partial charge in [0, 0.05) is 0 Å². The lowest BCUT2D eigenvalue weighted by molar-refractivity contribution is 0.478. The van der Waals surface area contributed by atoms with Crippen LogP contribution in [0.4, 0.5) is 0 Å². The zero-order valence-corrected chi connectivity index (χ0v) is 13.4. The number of unbranched alkanes of at least 4 members (excludes halogenated alkanes) is 9. The molecule has 0 fully saturated rings. The molecule has 0 aliphatic rings. The molecular formula is C13H31N3O3S. The van der Waals surface area contributed by atoms with Crippen molar-refractivity contribution in [2.75, 3.05) is 5.75 Å². The number of guanidine groups is 1. The van der Waals surface area contributed by atoms with Crippen LogP contribution in [0.1, 0.15) is 71.1 Å². The first-order valence-corrected chi connectivity index (χ1v) is 8.95. The van der Waals surface area contributed by atoms with Gasteiger partial charge in [0.2, 0.25) is 0 Å². The molecule has 0 aliphatic heterocycles. The molecule has 0 amide bonds. The van der Waals surface area contributed by atoms with Crippen molar-refractivity contribution in [1.29, 1.82) is 5.41 Å². The second-order valence-electron chi connectivity index (χ2n) is 4.92. The van der Waals surface area contributed by atoms with Crippen molar-refractivity contribution < 1.29 is 13.0 Å². The van der Waals surface area contributed by atoms with E-state index in [1.807, 2.05) is 0 Å². The minimum Gasteiger partial charge on any atom is -0.370 e. The summed E-state index contributed by atoms with van der Waals surface area (Å²) >= 11 is 0. The number of nitrogens with one attached hydrogen (secondary N) is 1. The number of nitrogens with two attached hydrogens (primary N) is 2. The van der Waals surface area contributed by atoms with E-state index in [0.717, 1.165) is 12.8 Å². The van der Waals surface area contributed by atoms with Gasteiger partial charge in [-0.15, -0.1) is 0 Å². The summed E-state index contributed by atoms with van der Waals surface area (Å²) in [4.78, 5) is 0. The molecule has 0 aromatic heterocycles. The van der Waals surface area contributed by atoms with E-state index in [-0.39, 0.29) is 11.7 Å². The van der Waals surface area contributed by atoms with Crippen molar-refractivity contribution in [2.24, 2.45) is 11.5 Å². The van der Waals surface area contributed by atoms with Gasteiger partial charge in [-0.25, -0.2) is 0 Å². The van der Waals surface area contributed by atoms with Gasteiger partial charge in [0.1, 0.15) is 0 Å². The highest BCUT2D eigenvalue weighted by Gasteiger charge is 2.02. The van der Waals surface area contributed by atoms with E-state index in [0.29, 0.717) is 6.42 Å². The van der Waals surface area contributed by atoms with E-state index in [4.69, 9.17) is 9.96 Å². The topological polar surface area (TPSA) is 130 Å². The summed E-state index contributed by atoms with van der Waals surface area (Å²) in [7, 11) is -3.73. The van der Waals surface area contributed by atoms with Crippen LogP contribution in [0, 0.1) is 5.41 Å². The molecule has 0 heterocycles. The lowest BCUT2D eigenvalue weighted by Crippen LogP contribution is -2.20. The quantitative estimate of drug-likeness (QED) is 0.202. The molecule has 0 saturated heterocycles. The summed E-state index contributed by atoms with van der Waals surface area (Å²) in [5.41, 5.74) is 8.94. The minimum atomic E-state index is -3.73. The maximum absolute atomic E-state index is 10.4. The predicted octanol–water partition coefficient (Wildman–Crippen LogP) is 2.63. The van der Waals surface area contributed by atoms with Gasteiger partial charge in [0.05, 0.1) is 5.75 Å². The van der Waals surface area contributed by atoms with Crippen molar-refractivity contribution in [3.05, 3.63) is 0 Å². The average molecular weight is 309 g/mol. The van der Waals surface area contributed by atoms with Crippen LogP contribution in [0.25, 0.3) is 0 Å². The Kier molecular flexibility index (Phi) is 15.7. The zero-order chi connectivity index (χ0) is 15.9. The van der Waals surface area contributed by atoms with Gasteiger partial charge in [0.15, 0.2) is 5.96 Å². The standard InChI is InChI=1S/C12H26O3S.CH5N3/c1-2-3-4-5-6-7-8-9-10-11-12-16(13,14)15;2-1(3)4/h2-12H2,1H3,(H,13,14,15);(H5,2,3,4). The Morgan fingerprint density at radius 2 is 1.20 bits per heavy atom. The van der Waals surface area contributed by atoms with Gasteiger partial charge >= 0.3 is 0 Å². The Hall–Kier alpha value is -0.820. The average Bonchev–Trinajstić information content (AvgIpc) is 2.29. The molecule has 0 rings (SSSR count). The van der Waals surface area contributed by atoms with Crippen LogP contribution in [0.15, 0.2) is 0 Å². The van der Waals surface area contributed by atoms with Crippen LogP contribution >= 0.6 is 0 Å². The molecule has 0 saturated carbocycles.